The van der Waals surface area contributed by atoms with E-state index >= 15 is 0 Å². The number of allylic oxidation sites excluding steroid dienone is 1. The maximum absolute atomic E-state index is 2.29. The van der Waals surface area contributed by atoms with Crippen molar-refractivity contribution < 1.29 is 0 Å². The highest BCUT2D eigenvalue weighted by molar-refractivity contribution is 4.97. The average Bonchev–Trinajstić information content (AvgIpc) is 2.65. The summed E-state index contributed by atoms with van der Waals surface area (Å²) in [6, 6.07) is 0. The highest BCUT2D eigenvalue weighted by Gasteiger charge is 2.06. The summed E-state index contributed by atoms with van der Waals surface area (Å²) in [5.41, 5.74) is 0. The van der Waals surface area contributed by atoms with E-state index in [9.17, 15) is 0 Å². The van der Waals surface area contributed by atoms with Gasteiger partial charge in [-0.3, -0.25) is 0 Å². The molecule has 1 heterocycles. The third-order valence-corrected chi connectivity index (χ3v) is 2.49. The molecule has 14 heavy (non-hydrogen) atoms. The number of rotatable bonds is 6. The normalized spacial score (nSPS) is 16.1. The molecule has 0 bridgehead atoms. The van der Waals surface area contributed by atoms with Crippen LogP contribution in [0.5, 0.6) is 0 Å². The lowest BCUT2D eigenvalue weighted by atomic mass is 10.2. The van der Waals surface area contributed by atoms with E-state index in [0.29, 0.717) is 0 Å². The molecule has 0 saturated heterocycles. The van der Waals surface area contributed by atoms with Gasteiger partial charge in [-0.2, -0.15) is 0 Å². The second-order valence-corrected chi connectivity index (χ2v) is 3.74. The molecule has 1 rings (SSSR count). The fourth-order valence-electron chi connectivity index (χ4n) is 1.51. The van der Waals surface area contributed by atoms with Crippen LogP contribution < -0.4 is 0 Å². The van der Waals surface area contributed by atoms with Crippen LogP contribution >= 0.6 is 0 Å². The minimum Gasteiger partial charge on any atom is -0.359 e. The molecule has 0 N–H and O–H groups in total. The molecule has 0 aromatic heterocycles. The first-order chi connectivity index (χ1) is 6.86. The van der Waals surface area contributed by atoms with Crippen LogP contribution in [0, 0.1) is 0 Å². The first-order valence-corrected chi connectivity index (χ1v) is 5.71. The van der Waals surface area contributed by atoms with Gasteiger partial charge in [0.1, 0.15) is 0 Å². The van der Waals surface area contributed by atoms with Crippen LogP contribution in [0.3, 0.4) is 0 Å². The molecule has 0 aromatic carbocycles. The van der Waals surface area contributed by atoms with Gasteiger partial charge in [-0.1, -0.05) is 25.8 Å². The topological polar surface area (TPSA) is 6.48 Å². The van der Waals surface area contributed by atoms with Gasteiger partial charge >= 0.3 is 0 Å². The summed E-state index contributed by atoms with van der Waals surface area (Å²) < 4.78 is 0. The van der Waals surface area contributed by atoms with Crippen molar-refractivity contribution in [2.45, 2.75) is 39.5 Å². The van der Waals surface area contributed by atoms with Crippen molar-refractivity contribution in [3.8, 4) is 0 Å². The van der Waals surface area contributed by atoms with E-state index in [2.05, 4.69) is 48.3 Å². The van der Waals surface area contributed by atoms with Gasteiger partial charge in [-0.15, -0.1) is 0 Å². The molecule has 1 aliphatic rings. The zero-order valence-corrected chi connectivity index (χ0v) is 9.45. The van der Waals surface area contributed by atoms with Crippen LogP contribution in [0.2, 0.25) is 0 Å². The van der Waals surface area contributed by atoms with Gasteiger partial charge < -0.3 is 9.80 Å². The van der Waals surface area contributed by atoms with Crippen LogP contribution in [-0.4, -0.2) is 23.0 Å². The molecule has 0 aromatic rings. The van der Waals surface area contributed by atoms with Crippen molar-refractivity contribution in [3.05, 3.63) is 24.7 Å². The van der Waals surface area contributed by atoms with E-state index in [1.807, 2.05) is 0 Å². The molecule has 0 spiro atoms. The molecule has 0 atom stereocenters. The highest BCUT2D eigenvalue weighted by Crippen LogP contribution is 2.07. The summed E-state index contributed by atoms with van der Waals surface area (Å²) in [5, 5.41) is 0. The summed E-state index contributed by atoms with van der Waals surface area (Å²) in [7, 11) is 0. The quantitative estimate of drug-likeness (QED) is 0.599. The van der Waals surface area contributed by atoms with Crippen molar-refractivity contribution in [3.63, 3.8) is 0 Å². The van der Waals surface area contributed by atoms with Gasteiger partial charge in [-0.25, -0.2) is 0 Å². The zero-order valence-electron chi connectivity index (χ0n) is 9.45. The fraction of sp³-hybridized carbons (Fsp3) is 0.667. The predicted octanol–water partition coefficient (Wildman–Crippen LogP) is 3.15. The molecule has 1 aliphatic heterocycles. The Bertz CT molecular complexity index is 196. The predicted molar refractivity (Wildman–Crippen MR) is 61.5 cm³/mol. The van der Waals surface area contributed by atoms with E-state index in [0.717, 1.165) is 13.2 Å². The van der Waals surface area contributed by atoms with E-state index in [4.69, 9.17) is 0 Å². The zero-order chi connectivity index (χ0) is 10.2. The molecule has 0 fully saturated rings. The van der Waals surface area contributed by atoms with Crippen LogP contribution in [0.25, 0.3) is 0 Å². The largest absolute Gasteiger partial charge is 0.359 e. The molecule has 80 valence electrons. The molecule has 2 heteroatoms. The first kappa shape index (κ1) is 11.2. The van der Waals surface area contributed by atoms with E-state index in [1.165, 1.54) is 25.7 Å². The minimum absolute atomic E-state index is 1.01. The summed E-state index contributed by atoms with van der Waals surface area (Å²) in [6.07, 6.45) is 14.0. The Balaban J connectivity index is 2.10. The third-order valence-electron chi connectivity index (χ3n) is 2.49. The first-order valence-electron chi connectivity index (χ1n) is 5.71. The Morgan fingerprint density at radius 2 is 2.07 bits per heavy atom. The standard InChI is InChI=1S/C12H22N2/c1-3-5-6-7-8-9-14-11-10-13(4-2)12-14/h8-11H,3-7,12H2,1-2H3. The minimum atomic E-state index is 1.01. The number of hydrogen-bond acceptors (Lipinski definition) is 2. The maximum atomic E-state index is 2.29. The Labute approximate surface area is 87.9 Å². The number of unbranched alkanes of at least 4 members (excludes halogenated alkanes) is 3. The summed E-state index contributed by atoms with van der Waals surface area (Å²) >= 11 is 0. The molecule has 0 saturated carbocycles. The van der Waals surface area contributed by atoms with Gasteiger partial charge in [0.15, 0.2) is 0 Å². The Morgan fingerprint density at radius 1 is 1.21 bits per heavy atom. The summed E-state index contributed by atoms with van der Waals surface area (Å²) in [5.74, 6) is 0. The fourth-order valence-corrected chi connectivity index (χ4v) is 1.51. The molecule has 2 nitrogen and oxygen atoms in total. The van der Waals surface area contributed by atoms with Crippen LogP contribution in [0.15, 0.2) is 24.7 Å². The second-order valence-electron chi connectivity index (χ2n) is 3.74. The lowest BCUT2D eigenvalue weighted by molar-refractivity contribution is 0.327. The number of nitrogens with zero attached hydrogens (tertiary/aromatic N) is 2. The molecule has 0 amide bonds. The van der Waals surface area contributed by atoms with Crippen LogP contribution in [0.1, 0.15) is 39.5 Å². The van der Waals surface area contributed by atoms with Crippen LogP contribution in [0.4, 0.5) is 0 Å². The maximum Gasteiger partial charge on any atom is 0.0935 e. The van der Waals surface area contributed by atoms with Gasteiger partial charge in [0.2, 0.25) is 0 Å². The van der Waals surface area contributed by atoms with Crippen molar-refractivity contribution in [2.24, 2.45) is 0 Å². The number of hydrogen-bond donors (Lipinski definition) is 0. The van der Waals surface area contributed by atoms with Gasteiger partial charge in [0.05, 0.1) is 6.67 Å². The Kier molecular flexibility index (Phi) is 5.20. The average molecular weight is 194 g/mol. The van der Waals surface area contributed by atoms with Crippen molar-refractivity contribution in [2.75, 3.05) is 13.2 Å². The van der Waals surface area contributed by atoms with Crippen molar-refractivity contribution in [1.29, 1.82) is 0 Å². The Morgan fingerprint density at radius 3 is 2.71 bits per heavy atom. The monoisotopic (exact) mass is 194 g/mol. The third kappa shape index (κ3) is 3.86. The molecular weight excluding hydrogens is 172 g/mol. The molecule has 0 aliphatic carbocycles. The van der Waals surface area contributed by atoms with Crippen molar-refractivity contribution in [1.82, 2.24) is 9.80 Å². The SMILES string of the molecule is CCCCCC=CN1C=CN(CC)C1. The summed E-state index contributed by atoms with van der Waals surface area (Å²) in [4.78, 5) is 4.52. The van der Waals surface area contributed by atoms with Crippen molar-refractivity contribution >= 4 is 0 Å². The lowest BCUT2D eigenvalue weighted by Gasteiger charge is -2.16. The lowest BCUT2D eigenvalue weighted by Crippen LogP contribution is -2.21. The Hall–Kier alpha value is -0.920. The van der Waals surface area contributed by atoms with E-state index in [1.54, 1.807) is 0 Å². The van der Waals surface area contributed by atoms with Gasteiger partial charge in [-0.05, 0) is 19.8 Å². The molecular formula is C12H22N2. The molecule has 0 radical (unpaired) electrons. The molecule has 0 unspecified atom stereocenters. The second kappa shape index (κ2) is 6.52. The smallest absolute Gasteiger partial charge is 0.0935 e. The highest BCUT2D eigenvalue weighted by atomic mass is 15.3. The van der Waals surface area contributed by atoms with Gasteiger partial charge in [0, 0.05) is 25.1 Å². The van der Waals surface area contributed by atoms with E-state index < -0.39 is 0 Å². The van der Waals surface area contributed by atoms with E-state index in [-0.39, 0.29) is 0 Å². The van der Waals surface area contributed by atoms with Gasteiger partial charge in [0.25, 0.3) is 0 Å². The van der Waals surface area contributed by atoms with Crippen LogP contribution in [-0.2, 0) is 0 Å². The summed E-state index contributed by atoms with van der Waals surface area (Å²) in [6.45, 7) is 6.53.